The molecule has 2 heterocycles. The van der Waals surface area contributed by atoms with Crippen LogP contribution in [0.1, 0.15) is 21.6 Å². The van der Waals surface area contributed by atoms with Gasteiger partial charge in [0.1, 0.15) is 11.5 Å². The summed E-state index contributed by atoms with van der Waals surface area (Å²) in [5.74, 6) is 0.414. The van der Waals surface area contributed by atoms with E-state index in [2.05, 4.69) is 25.5 Å². The normalized spacial score (nSPS) is 14.8. The van der Waals surface area contributed by atoms with Crippen LogP contribution in [-0.2, 0) is 4.74 Å². The number of aryl methyl sites for hydroxylation is 2. The zero-order valence-corrected chi connectivity index (χ0v) is 15.3. The van der Waals surface area contributed by atoms with Gasteiger partial charge in [0, 0.05) is 31.9 Å². The van der Waals surface area contributed by atoms with Gasteiger partial charge in [-0.25, -0.2) is 9.97 Å². The molecule has 1 aliphatic heterocycles. The first-order chi connectivity index (χ1) is 12.6. The molecule has 1 amide bonds. The number of rotatable bonds is 6. The van der Waals surface area contributed by atoms with Gasteiger partial charge in [-0.05, 0) is 25.0 Å². The van der Waals surface area contributed by atoms with Gasteiger partial charge in [0.05, 0.1) is 25.6 Å². The Balaban J connectivity index is 1.52. The van der Waals surface area contributed by atoms with Gasteiger partial charge >= 0.3 is 0 Å². The Labute approximate surface area is 153 Å². The van der Waals surface area contributed by atoms with Crippen molar-refractivity contribution in [3.63, 3.8) is 0 Å². The van der Waals surface area contributed by atoms with E-state index >= 15 is 0 Å². The van der Waals surface area contributed by atoms with Crippen LogP contribution in [-0.4, -0.2) is 60.2 Å². The van der Waals surface area contributed by atoms with Crippen LogP contribution in [0.4, 0.5) is 11.5 Å². The highest BCUT2D eigenvalue weighted by Gasteiger charge is 2.12. The van der Waals surface area contributed by atoms with Crippen LogP contribution in [0.3, 0.4) is 0 Å². The minimum atomic E-state index is -0.204. The number of nitrogens with one attached hydrogen (secondary N) is 2. The Morgan fingerprint density at radius 2 is 1.88 bits per heavy atom. The molecule has 1 aromatic heterocycles. The van der Waals surface area contributed by atoms with Gasteiger partial charge in [-0.1, -0.05) is 18.2 Å². The summed E-state index contributed by atoms with van der Waals surface area (Å²) in [7, 11) is 0. The van der Waals surface area contributed by atoms with Crippen LogP contribution in [0.25, 0.3) is 0 Å². The average Bonchev–Trinajstić information content (AvgIpc) is 2.66. The molecule has 1 saturated heterocycles. The number of ether oxygens (including phenoxy) is 1. The first kappa shape index (κ1) is 18.3. The van der Waals surface area contributed by atoms with E-state index in [1.54, 1.807) is 6.20 Å². The topological polar surface area (TPSA) is 79.4 Å². The van der Waals surface area contributed by atoms with Crippen molar-refractivity contribution in [3.05, 3.63) is 47.4 Å². The lowest BCUT2D eigenvalue weighted by Crippen LogP contribution is -2.41. The Morgan fingerprint density at radius 3 is 2.54 bits per heavy atom. The SMILES string of the molecule is Cc1cccc(C)c1Nc1cnc(C(=O)NCCN2CCOCC2)cn1. The highest BCUT2D eigenvalue weighted by Crippen LogP contribution is 2.22. The van der Waals surface area contributed by atoms with E-state index in [0.29, 0.717) is 18.1 Å². The van der Waals surface area contributed by atoms with E-state index in [0.717, 1.165) is 49.7 Å². The van der Waals surface area contributed by atoms with Gasteiger partial charge in [-0.2, -0.15) is 0 Å². The predicted octanol–water partition coefficient (Wildman–Crippen LogP) is 1.90. The van der Waals surface area contributed by atoms with E-state index in [4.69, 9.17) is 4.74 Å². The molecule has 138 valence electrons. The standard InChI is InChI=1S/C19H25N5O2/c1-14-4-3-5-15(2)18(14)23-17-13-21-16(12-22-17)19(25)20-6-7-24-8-10-26-11-9-24/h3-5,12-13H,6-11H2,1-2H3,(H,20,25)(H,22,23). The van der Waals surface area contributed by atoms with E-state index in [-0.39, 0.29) is 5.91 Å². The van der Waals surface area contributed by atoms with E-state index in [9.17, 15) is 4.79 Å². The fourth-order valence-corrected chi connectivity index (χ4v) is 2.89. The van der Waals surface area contributed by atoms with Crippen molar-refractivity contribution in [1.29, 1.82) is 0 Å². The number of hydrogen-bond donors (Lipinski definition) is 2. The first-order valence-electron chi connectivity index (χ1n) is 8.87. The van der Waals surface area contributed by atoms with Crippen LogP contribution in [0.5, 0.6) is 0 Å². The van der Waals surface area contributed by atoms with E-state index < -0.39 is 0 Å². The quantitative estimate of drug-likeness (QED) is 0.824. The van der Waals surface area contributed by atoms with Gasteiger partial charge < -0.3 is 15.4 Å². The maximum Gasteiger partial charge on any atom is 0.271 e. The summed E-state index contributed by atoms with van der Waals surface area (Å²) in [5.41, 5.74) is 3.61. The molecule has 3 rings (SSSR count). The minimum absolute atomic E-state index is 0.204. The average molecular weight is 355 g/mol. The summed E-state index contributed by atoms with van der Waals surface area (Å²) >= 11 is 0. The molecule has 7 nitrogen and oxygen atoms in total. The summed E-state index contributed by atoms with van der Waals surface area (Å²) in [6, 6.07) is 6.10. The number of morpholine rings is 1. The molecular formula is C19H25N5O2. The monoisotopic (exact) mass is 355 g/mol. The summed E-state index contributed by atoms with van der Waals surface area (Å²) < 4.78 is 5.31. The van der Waals surface area contributed by atoms with Gasteiger partial charge in [0.2, 0.25) is 0 Å². The Hall–Kier alpha value is -2.51. The van der Waals surface area contributed by atoms with Crippen LogP contribution >= 0.6 is 0 Å². The van der Waals surface area contributed by atoms with Crippen molar-refractivity contribution in [2.45, 2.75) is 13.8 Å². The van der Waals surface area contributed by atoms with Crippen molar-refractivity contribution < 1.29 is 9.53 Å². The van der Waals surface area contributed by atoms with Gasteiger partial charge in [-0.3, -0.25) is 9.69 Å². The van der Waals surface area contributed by atoms with Crippen LogP contribution < -0.4 is 10.6 Å². The van der Waals surface area contributed by atoms with Crippen LogP contribution in [0, 0.1) is 13.8 Å². The zero-order valence-electron chi connectivity index (χ0n) is 15.3. The number of carbonyl (C=O) groups is 1. The third kappa shape index (κ3) is 4.77. The lowest BCUT2D eigenvalue weighted by molar-refractivity contribution is 0.0383. The third-order valence-corrected chi connectivity index (χ3v) is 4.44. The van der Waals surface area contributed by atoms with E-state index in [1.165, 1.54) is 6.20 Å². The predicted molar refractivity (Wildman–Crippen MR) is 101 cm³/mol. The molecule has 1 fully saturated rings. The summed E-state index contributed by atoms with van der Waals surface area (Å²) in [4.78, 5) is 23.0. The maximum absolute atomic E-state index is 12.2. The van der Waals surface area contributed by atoms with Crippen molar-refractivity contribution in [3.8, 4) is 0 Å². The highest BCUT2D eigenvalue weighted by molar-refractivity contribution is 5.92. The molecule has 0 spiro atoms. The van der Waals surface area contributed by atoms with Crippen molar-refractivity contribution in [2.75, 3.05) is 44.7 Å². The number of carbonyl (C=O) groups excluding carboxylic acids is 1. The largest absolute Gasteiger partial charge is 0.379 e. The zero-order chi connectivity index (χ0) is 18.4. The fraction of sp³-hybridized carbons (Fsp3) is 0.421. The second-order valence-corrected chi connectivity index (χ2v) is 6.39. The van der Waals surface area contributed by atoms with Crippen LogP contribution in [0.15, 0.2) is 30.6 Å². The molecule has 0 saturated carbocycles. The second-order valence-electron chi connectivity index (χ2n) is 6.39. The number of hydrogen-bond acceptors (Lipinski definition) is 6. The van der Waals surface area contributed by atoms with E-state index in [1.807, 2.05) is 32.0 Å². The number of aromatic nitrogens is 2. The minimum Gasteiger partial charge on any atom is -0.379 e. The molecule has 0 bridgehead atoms. The van der Waals surface area contributed by atoms with Crippen molar-refractivity contribution in [1.82, 2.24) is 20.2 Å². The lowest BCUT2D eigenvalue weighted by Gasteiger charge is -2.26. The van der Waals surface area contributed by atoms with Gasteiger partial charge in [-0.15, -0.1) is 0 Å². The molecular weight excluding hydrogens is 330 g/mol. The molecule has 7 heteroatoms. The number of benzene rings is 1. The number of para-hydroxylation sites is 1. The maximum atomic E-state index is 12.2. The fourth-order valence-electron chi connectivity index (χ4n) is 2.89. The Kier molecular flexibility index (Phi) is 6.14. The smallest absolute Gasteiger partial charge is 0.271 e. The van der Waals surface area contributed by atoms with Crippen molar-refractivity contribution >= 4 is 17.4 Å². The molecule has 2 aromatic rings. The Morgan fingerprint density at radius 1 is 1.15 bits per heavy atom. The molecule has 0 atom stereocenters. The molecule has 0 radical (unpaired) electrons. The molecule has 1 aromatic carbocycles. The summed E-state index contributed by atoms with van der Waals surface area (Å²) in [6.45, 7) is 8.82. The Bertz CT molecular complexity index is 722. The number of anilines is 2. The van der Waals surface area contributed by atoms with Crippen molar-refractivity contribution in [2.24, 2.45) is 0 Å². The molecule has 1 aliphatic rings. The molecule has 2 N–H and O–H groups in total. The first-order valence-corrected chi connectivity index (χ1v) is 8.87. The molecule has 0 unspecified atom stereocenters. The second kappa shape index (κ2) is 8.73. The summed E-state index contributed by atoms with van der Waals surface area (Å²) in [6.07, 6.45) is 3.09. The number of amides is 1. The lowest BCUT2D eigenvalue weighted by atomic mass is 10.1. The van der Waals surface area contributed by atoms with Gasteiger partial charge in [0.15, 0.2) is 0 Å². The summed E-state index contributed by atoms with van der Waals surface area (Å²) in [5, 5.41) is 6.16. The van der Waals surface area contributed by atoms with Crippen LogP contribution in [0.2, 0.25) is 0 Å². The molecule has 26 heavy (non-hydrogen) atoms. The molecule has 0 aliphatic carbocycles. The highest BCUT2D eigenvalue weighted by atomic mass is 16.5. The third-order valence-electron chi connectivity index (χ3n) is 4.44. The van der Waals surface area contributed by atoms with Gasteiger partial charge in [0.25, 0.3) is 5.91 Å². The number of nitrogens with zero attached hydrogens (tertiary/aromatic N) is 3.